The molecular formula is C11H11BrFN3O3. The van der Waals surface area contributed by atoms with Crippen LogP contribution in [0.15, 0.2) is 15.1 Å². The maximum atomic E-state index is 14.4. The van der Waals surface area contributed by atoms with E-state index in [0.29, 0.717) is 4.47 Å². The number of halogens is 2. The molecule has 1 aromatic carbocycles. The Labute approximate surface area is 116 Å². The number of rotatable bonds is 4. The van der Waals surface area contributed by atoms with E-state index in [9.17, 15) is 4.39 Å². The molecule has 0 spiro atoms. The minimum Gasteiger partial charge on any atom is -0.493 e. The van der Waals surface area contributed by atoms with Crippen molar-refractivity contribution in [3.8, 4) is 22.9 Å². The highest BCUT2D eigenvalue weighted by molar-refractivity contribution is 9.10. The van der Waals surface area contributed by atoms with Crippen molar-refractivity contribution < 1.29 is 18.4 Å². The van der Waals surface area contributed by atoms with Crippen molar-refractivity contribution >= 4 is 15.9 Å². The largest absolute Gasteiger partial charge is 0.493 e. The van der Waals surface area contributed by atoms with E-state index >= 15 is 0 Å². The SMILES string of the molecule is COc1cc(Br)c(-c2noc(CN)n2)c(F)c1OC. The molecule has 0 bridgehead atoms. The van der Waals surface area contributed by atoms with E-state index in [0.717, 1.165) is 0 Å². The Kier molecular flexibility index (Phi) is 4.01. The summed E-state index contributed by atoms with van der Waals surface area (Å²) in [5.41, 5.74) is 5.50. The topological polar surface area (TPSA) is 83.4 Å². The fourth-order valence-corrected chi connectivity index (χ4v) is 2.12. The number of hydrogen-bond acceptors (Lipinski definition) is 6. The fourth-order valence-electron chi connectivity index (χ4n) is 1.57. The number of ether oxygens (including phenoxy) is 2. The van der Waals surface area contributed by atoms with Crippen molar-refractivity contribution in [3.63, 3.8) is 0 Å². The zero-order chi connectivity index (χ0) is 14.0. The molecular weight excluding hydrogens is 321 g/mol. The molecule has 1 aromatic heterocycles. The molecule has 0 unspecified atom stereocenters. The van der Waals surface area contributed by atoms with Crippen LogP contribution in [-0.2, 0) is 6.54 Å². The number of methoxy groups -OCH3 is 2. The predicted molar refractivity (Wildman–Crippen MR) is 68.4 cm³/mol. The van der Waals surface area contributed by atoms with E-state index in [4.69, 9.17) is 19.7 Å². The Bertz CT molecular complexity index is 603. The Morgan fingerprint density at radius 3 is 2.68 bits per heavy atom. The fraction of sp³-hybridized carbons (Fsp3) is 0.273. The van der Waals surface area contributed by atoms with E-state index < -0.39 is 5.82 Å². The van der Waals surface area contributed by atoms with Crippen molar-refractivity contribution in [3.05, 3.63) is 22.2 Å². The van der Waals surface area contributed by atoms with Crippen molar-refractivity contribution in [2.75, 3.05) is 14.2 Å². The van der Waals surface area contributed by atoms with Gasteiger partial charge in [0.15, 0.2) is 17.3 Å². The predicted octanol–water partition coefficient (Wildman–Crippen LogP) is 2.11. The molecule has 1 heterocycles. The van der Waals surface area contributed by atoms with E-state index in [1.54, 1.807) is 6.07 Å². The lowest BCUT2D eigenvalue weighted by molar-refractivity contribution is 0.337. The highest BCUT2D eigenvalue weighted by atomic mass is 79.9. The van der Waals surface area contributed by atoms with Gasteiger partial charge in [-0.1, -0.05) is 5.16 Å². The molecule has 102 valence electrons. The summed E-state index contributed by atoms with van der Waals surface area (Å²) in [7, 11) is 2.77. The van der Waals surface area contributed by atoms with E-state index in [1.807, 2.05) is 0 Å². The van der Waals surface area contributed by atoms with Crippen molar-refractivity contribution in [2.45, 2.75) is 6.54 Å². The van der Waals surface area contributed by atoms with Gasteiger partial charge in [-0.3, -0.25) is 0 Å². The lowest BCUT2D eigenvalue weighted by Crippen LogP contribution is -1.99. The average Bonchev–Trinajstić information content (AvgIpc) is 2.86. The van der Waals surface area contributed by atoms with Gasteiger partial charge in [-0.2, -0.15) is 4.98 Å². The zero-order valence-corrected chi connectivity index (χ0v) is 11.8. The molecule has 0 amide bonds. The molecule has 2 aromatic rings. The molecule has 0 aliphatic rings. The van der Waals surface area contributed by atoms with Gasteiger partial charge in [-0.15, -0.1) is 0 Å². The number of benzene rings is 1. The quantitative estimate of drug-likeness (QED) is 0.923. The van der Waals surface area contributed by atoms with Gasteiger partial charge < -0.3 is 19.7 Å². The Morgan fingerprint density at radius 2 is 2.16 bits per heavy atom. The van der Waals surface area contributed by atoms with Crippen LogP contribution in [0, 0.1) is 5.82 Å². The lowest BCUT2D eigenvalue weighted by Gasteiger charge is -2.11. The maximum Gasteiger partial charge on any atom is 0.240 e. The van der Waals surface area contributed by atoms with Gasteiger partial charge in [0, 0.05) is 4.47 Å². The molecule has 2 rings (SSSR count). The second kappa shape index (κ2) is 5.54. The molecule has 0 saturated carbocycles. The van der Waals surface area contributed by atoms with Crippen molar-refractivity contribution in [1.29, 1.82) is 0 Å². The monoisotopic (exact) mass is 331 g/mol. The molecule has 0 saturated heterocycles. The smallest absolute Gasteiger partial charge is 0.240 e. The van der Waals surface area contributed by atoms with Crippen LogP contribution in [0.1, 0.15) is 5.89 Å². The van der Waals surface area contributed by atoms with Crippen molar-refractivity contribution in [2.24, 2.45) is 5.73 Å². The van der Waals surface area contributed by atoms with Crippen LogP contribution in [0.5, 0.6) is 11.5 Å². The second-order valence-electron chi connectivity index (χ2n) is 3.50. The number of nitrogens with two attached hydrogens (primary N) is 1. The van der Waals surface area contributed by atoms with Crippen LogP contribution in [-0.4, -0.2) is 24.4 Å². The molecule has 6 nitrogen and oxygen atoms in total. The molecule has 0 aliphatic carbocycles. The third kappa shape index (κ3) is 2.41. The second-order valence-corrected chi connectivity index (χ2v) is 4.35. The maximum absolute atomic E-state index is 14.4. The normalized spacial score (nSPS) is 10.6. The average molecular weight is 332 g/mol. The van der Waals surface area contributed by atoms with E-state index in [1.165, 1.54) is 14.2 Å². The van der Waals surface area contributed by atoms with Crippen molar-refractivity contribution in [1.82, 2.24) is 10.1 Å². The van der Waals surface area contributed by atoms with Crippen LogP contribution in [0.4, 0.5) is 4.39 Å². The Balaban J connectivity index is 2.63. The summed E-state index contributed by atoms with van der Waals surface area (Å²) in [6.45, 7) is 0.0829. The van der Waals surface area contributed by atoms with Gasteiger partial charge in [-0.05, 0) is 22.0 Å². The Hall–Kier alpha value is -1.67. The Morgan fingerprint density at radius 1 is 1.42 bits per heavy atom. The van der Waals surface area contributed by atoms with Gasteiger partial charge >= 0.3 is 0 Å². The molecule has 8 heteroatoms. The molecule has 0 aliphatic heterocycles. The summed E-state index contributed by atoms with van der Waals surface area (Å²) >= 11 is 3.24. The number of hydrogen-bond donors (Lipinski definition) is 1. The summed E-state index contributed by atoms with van der Waals surface area (Å²) in [4.78, 5) is 3.98. The third-order valence-electron chi connectivity index (χ3n) is 2.43. The molecule has 2 N–H and O–H groups in total. The summed E-state index contributed by atoms with van der Waals surface area (Å²) in [5.74, 6) is -0.0991. The van der Waals surface area contributed by atoms with Gasteiger partial charge in [0.2, 0.25) is 11.7 Å². The lowest BCUT2D eigenvalue weighted by atomic mass is 10.1. The summed E-state index contributed by atoms with van der Waals surface area (Å²) < 4.78 is 29.7. The van der Waals surface area contributed by atoms with Crippen LogP contribution < -0.4 is 15.2 Å². The van der Waals surface area contributed by atoms with Gasteiger partial charge in [0.05, 0.1) is 26.3 Å². The molecule has 0 fully saturated rings. The minimum absolute atomic E-state index is 0.0280. The number of aromatic nitrogens is 2. The first-order valence-electron chi connectivity index (χ1n) is 5.25. The van der Waals surface area contributed by atoms with E-state index in [2.05, 4.69) is 26.1 Å². The van der Waals surface area contributed by atoms with Crippen LogP contribution >= 0.6 is 15.9 Å². The van der Waals surface area contributed by atoms with Gasteiger partial charge in [0.1, 0.15) is 0 Å². The standard InChI is InChI=1S/C11H11BrFN3O3/c1-17-6-3-5(12)8(9(13)10(6)18-2)11-15-7(4-14)19-16-11/h3H,4,14H2,1-2H3. The van der Waals surface area contributed by atoms with Gasteiger partial charge in [0.25, 0.3) is 0 Å². The van der Waals surface area contributed by atoms with Crippen LogP contribution in [0.3, 0.4) is 0 Å². The summed E-state index contributed by atoms with van der Waals surface area (Å²) in [6.07, 6.45) is 0. The highest BCUT2D eigenvalue weighted by Crippen LogP contribution is 2.40. The first-order valence-corrected chi connectivity index (χ1v) is 6.04. The van der Waals surface area contributed by atoms with E-state index in [-0.39, 0.29) is 35.3 Å². The summed E-state index contributed by atoms with van der Waals surface area (Å²) in [6, 6.07) is 1.57. The zero-order valence-electron chi connectivity index (χ0n) is 10.2. The summed E-state index contributed by atoms with van der Waals surface area (Å²) in [5, 5.41) is 3.68. The first kappa shape index (κ1) is 13.8. The molecule has 19 heavy (non-hydrogen) atoms. The molecule has 0 radical (unpaired) electrons. The van der Waals surface area contributed by atoms with Gasteiger partial charge in [-0.25, -0.2) is 4.39 Å². The first-order chi connectivity index (χ1) is 9.12. The minimum atomic E-state index is -0.641. The van der Waals surface area contributed by atoms with Crippen LogP contribution in [0.2, 0.25) is 0 Å². The third-order valence-corrected chi connectivity index (χ3v) is 3.06. The van der Waals surface area contributed by atoms with Crippen LogP contribution in [0.25, 0.3) is 11.4 Å². The molecule has 0 atom stereocenters. The number of nitrogens with zero attached hydrogens (tertiary/aromatic N) is 2. The highest BCUT2D eigenvalue weighted by Gasteiger charge is 2.23.